The van der Waals surface area contributed by atoms with Crippen molar-refractivity contribution in [2.75, 3.05) is 0 Å². The maximum Gasteiger partial charge on any atom is 0.552 e. The number of benzene rings is 2. The van der Waals surface area contributed by atoms with E-state index in [-0.39, 0.29) is 0 Å². The Hall–Kier alpha value is -2.03. The Kier molecular flexibility index (Phi) is 7.29. The minimum atomic E-state index is -2.14. The van der Waals surface area contributed by atoms with E-state index in [4.69, 9.17) is 14.3 Å². The van der Waals surface area contributed by atoms with E-state index in [2.05, 4.69) is 47.6 Å². The molecule has 0 saturated heterocycles. The number of nitrogens with zero attached hydrogens (tertiary/aromatic N) is 1. The van der Waals surface area contributed by atoms with Gasteiger partial charge in [0, 0.05) is 0 Å². The van der Waals surface area contributed by atoms with Crippen molar-refractivity contribution in [1.29, 1.82) is 5.26 Å². The van der Waals surface area contributed by atoms with Crippen molar-refractivity contribution in [2.45, 2.75) is 58.2 Å². The van der Waals surface area contributed by atoms with Crippen LogP contribution in [-0.4, -0.2) is 15.4 Å². The fourth-order valence-corrected chi connectivity index (χ4v) is 9.46. The summed E-state index contributed by atoms with van der Waals surface area (Å²) in [6.07, 6.45) is 0. The smallest absolute Gasteiger partial charge is 0.533 e. The molecule has 2 rings (SSSR count). The molecule has 0 heterocycles. The summed E-state index contributed by atoms with van der Waals surface area (Å²) < 4.78 is 13.2. The van der Waals surface area contributed by atoms with Gasteiger partial charge in [-0.05, 0) is 46.4 Å². The standard InChI is InChI=1S/C22H30BNO2Si/c1-17(2)27(18(3)4,19(5)6)26-23(25-22-10-8-7-9-11-22)21-14-12-20(16-24)13-15-21/h7-15,17-19H,1-6H3. The molecule has 3 nitrogen and oxygen atoms in total. The molecule has 0 spiro atoms. The van der Waals surface area contributed by atoms with Crippen LogP contribution in [0.2, 0.25) is 16.6 Å². The van der Waals surface area contributed by atoms with Gasteiger partial charge >= 0.3 is 7.12 Å². The summed E-state index contributed by atoms with van der Waals surface area (Å²) in [6.45, 7) is 13.6. The lowest BCUT2D eigenvalue weighted by atomic mass is 9.79. The van der Waals surface area contributed by atoms with E-state index in [0.29, 0.717) is 22.2 Å². The molecule has 2 aromatic rings. The molecule has 0 aliphatic carbocycles. The van der Waals surface area contributed by atoms with E-state index in [1.165, 1.54) is 0 Å². The minimum Gasteiger partial charge on any atom is -0.533 e. The van der Waals surface area contributed by atoms with Crippen LogP contribution in [0.1, 0.15) is 47.1 Å². The van der Waals surface area contributed by atoms with Crippen LogP contribution >= 0.6 is 0 Å². The Balaban J connectivity index is 2.45. The number of para-hydroxylation sites is 1. The third-order valence-electron chi connectivity index (χ3n) is 5.32. The molecule has 0 radical (unpaired) electrons. The lowest BCUT2D eigenvalue weighted by Crippen LogP contribution is -2.56. The lowest BCUT2D eigenvalue weighted by Gasteiger charge is -2.44. The first-order valence-corrected chi connectivity index (χ1v) is 11.8. The topological polar surface area (TPSA) is 42.2 Å². The van der Waals surface area contributed by atoms with Crippen LogP contribution in [0.4, 0.5) is 0 Å². The molecule has 0 unspecified atom stereocenters. The molecule has 2 aromatic carbocycles. The van der Waals surface area contributed by atoms with Crippen molar-refractivity contribution in [3.63, 3.8) is 0 Å². The van der Waals surface area contributed by atoms with Gasteiger partial charge in [-0.25, -0.2) is 0 Å². The van der Waals surface area contributed by atoms with E-state index in [9.17, 15) is 0 Å². The zero-order chi connectivity index (χ0) is 20.0. The van der Waals surface area contributed by atoms with Gasteiger partial charge in [-0.1, -0.05) is 71.9 Å². The summed E-state index contributed by atoms with van der Waals surface area (Å²) in [5, 5.41) is 9.10. The van der Waals surface area contributed by atoms with Gasteiger partial charge < -0.3 is 9.00 Å². The second-order valence-electron chi connectivity index (χ2n) is 7.93. The van der Waals surface area contributed by atoms with E-state index in [1.54, 1.807) is 0 Å². The summed E-state index contributed by atoms with van der Waals surface area (Å²) in [5.74, 6) is 0.783. The SMILES string of the molecule is CC(C)[Si](OB(Oc1ccccc1)c1ccc(C#N)cc1)(C(C)C)C(C)C. The van der Waals surface area contributed by atoms with Gasteiger partial charge in [0.25, 0.3) is 0 Å². The molecule has 0 aliphatic heterocycles. The summed E-state index contributed by atoms with van der Waals surface area (Å²) in [4.78, 5) is 0. The van der Waals surface area contributed by atoms with Crippen LogP contribution in [-0.2, 0) is 4.34 Å². The van der Waals surface area contributed by atoms with Crippen molar-refractivity contribution in [3.05, 3.63) is 60.2 Å². The average molecular weight is 379 g/mol. The third-order valence-corrected chi connectivity index (χ3v) is 11.4. The molecule has 0 fully saturated rings. The Bertz CT molecular complexity index is 732. The minimum absolute atomic E-state index is 0.456. The maximum atomic E-state index is 9.10. The van der Waals surface area contributed by atoms with Crippen molar-refractivity contribution >= 4 is 20.9 Å². The van der Waals surface area contributed by atoms with Crippen molar-refractivity contribution in [3.8, 4) is 11.8 Å². The summed E-state index contributed by atoms with van der Waals surface area (Å²) in [7, 11) is -2.63. The van der Waals surface area contributed by atoms with Crippen molar-refractivity contribution in [1.82, 2.24) is 0 Å². The third kappa shape index (κ3) is 4.83. The van der Waals surface area contributed by atoms with Crippen LogP contribution in [0.5, 0.6) is 5.75 Å². The molecule has 0 aromatic heterocycles. The van der Waals surface area contributed by atoms with Gasteiger partial charge in [0.15, 0.2) is 8.32 Å². The number of hydrogen-bond acceptors (Lipinski definition) is 3. The van der Waals surface area contributed by atoms with Crippen LogP contribution in [0.25, 0.3) is 0 Å². The van der Waals surface area contributed by atoms with E-state index >= 15 is 0 Å². The van der Waals surface area contributed by atoms with Crippen LogP contribution in [0.15, 0.2) is 54.6 Å². The monoisotopic (exact) mass is 379 g/mol. The van der Waals surface area contributed by atoms with Crippen LogP contribution < -0.4 is 10.1 Å². The van der Waals surface area contributed by atoms with E-state index < -0.39 is 15.4 Å². The van der Waals surface area contributed by atoms with Gasteiger partial charge in [0.1, 0.15) is 5.75 Å². The second kappa shape index (κ2) is 9.25. The maximum absolute atomic E-state index is 9.10. The molecule has 0 atom stereocenters. The van der Waals surface area contributed by atoms with Crippen molar-refractivity contribution < 1.29 is 9.00 Å². The summed E-state index contributed by atoms with van der Waals surface area (Å²) in [5.41, 5.74) is 2.95. The molecule has 27 heavy (non-hydrogen) atoms. The Morgan fingerprint density at radius 2 is 1.33 bits per heavy atom. The zero-order valence-electron chi connectivity index (χ0n) is 17.3. The highest BCUT2D eigenvalue weighted by atomic mass is 28.4. The molecule has 142 valence electrons. The zero-order valence-corrected chi connectivity index (χ0v) is 18.3. The van der Waals surface area contributed by atoms with Crippen LogP contribution in [0.3, 0.4) is 0 Å². The molecular formula is C22H30BNO2Si. The predicted octanol–water partition coefficient (Wildman–Crippen LogP) is 5.52. The number of hydrogen-bond donors (Lipinski definition) is 0. The largest absolute Gasteiger partial charge is 0.552 e. The molecule has 0 bridgehead atoms. The van der Waals surface area contributed by atoms with Gasteiger partial charge in [0.05, 0.1) is 11.6 Å². The normalized spacial score (nSPS) is 11.7. The van der Waals surface area contributed by atoms with Gasteiger partial charge in [-0.15, -0.1) is 0 Å². The summed E-state index contributed by atoms with van der Waals surface area (Å²) in [6, 6.07) is 19.5. The van der Waals surface area contributed by atoms with Gasteiger partial charge in [0.2, 0.25) is 0 Å². The molecule has 0 aliphatic rings. The molecule has 0 N–H and O–H groups in total. The fourth-order valence-electron chi connectivity index (χ4n) is 4.09. The highest BCUT2D eigenvalue weighted by molar-refractivity contribution is 6.85. The Labute approximate surface area is 165 Å². The van der Waals surface area contributed by atoms with Gasteiger partial charge in [-0.2, -0.15) is 5.26 Å². The highest BCUT2D eigenvalue weighted by Crippen LogP contribution is 2.42. The molecule has 0 saturated carbocycles. The highest BCUT2D eigenvalue weighted by Gasteiger charge is 2.48. The number of rotatable bonds is 8. The fraction of sp³-hybridized carbons (Fsp3) is 0.409. The average Bonchev–Trinajstić information content (AvgIpc) is 2.65. The first-order chi connectivity index (χ1) is 12.8. The molecule has 5 heteroatoms. The number of nitriles is 1. The van der Waals surface area contributed by atoms with Crippen LogP contribution in [0, 0.1) is 11.3 Å². The lowest BCUT2D eigenvalue weighted by molar-refractivity contribution is 0.403. The first kappa shape index (κ1) is 21.3. The first-order valence-electron chi connectivity index (χ1n) is 9.70. The van der Waals surface area contributed by atoms with E-state index in [1.807, 2.05) is 54.6 Å². The Morgan fingerprint density at radius 1 is 0.815 bits per heavy atom. The Morgan fingerprint density at radius 3 is 1.78 bits per heavy atom. The van der Waals surface area contributed by atoms with Gasteiger partial charge in [-0.3, -0.25) is 0 Å². The molecular weight excluding hydrogens is 349 g/mol. The van der Waals surface area contributed by atoms with Crippen molar-refractivity contribution in [2.24, 2.45) is 0 Å². The second-order valence-corrected chi connectivity index (χ2v) is 13.3. The molecule has 0 amide bonds. The van der Waals surface area contributed by atoms with E-state index in [0.717, 1.165) is 11.2 Å². The summed E-state index contributed by atoms with van der Waals surface area (Å²) >= 11 is 0. The quantitative estimate of drug-likeness (QED) is 0.567. The predicted molar refractivity (Wildman–Crippen MR) is 116 cm³/mol.